The molecule has 17 heavy (non-hydrogen) atoms. The molecule has 1 aliphatic heterocycles. The quantitative estimate of drug-likeness (QED) is 0.602. The summed E-state index contributed by atoms with van der Waals surface area (Å²) >= 11 is 0. The maximum Gasteiger partial charge on any atom is 0.347 e. The average Bonchev–Trinajstić information content (AvgIpc) is 2.87. The molecule has 3 saturated carbocycles. The minimum atomic E-state index is 0.875. The van der Waals surface area contributed by atoms with Crippen LogP contribution in [0.5, 0.6) is 0 Å². The minimum Gasteiger partial charge on any atom is -0.254 e. The Labute approximate surface area is 102 Å². The highest BCUT2D eigenvalue weighted by Crippen LogP contribution is 2.44. The largest absolute Gasteiger partial charge is 0.347 e. The van der Waals surface area contributed by atoms with E-state index in [4.69, 9.17) is 4.42 Å². The number of benzene rings is 1. The summed E-state index contributed by atoms with van der Waals surface area (Å²) in [5, 5.41) is 1.52. The molecule has 0 aromatic heterocycles. The van der Waals surface area contributed by atoms with Gasteiger partial charge in [-0.25, -0.2) is 0 Å². The van der Waals surface area contributed by atoms with Crippen LogP contribution < -0.4 is 10.6 Å². The SMILES string of the molecule is c1c/c(=C2/CC3CCC2CC3)cc2c1=[O+]CC2. The third-order valence-corrected chi connectivity index (χ3v) is 4.91. The van der Waals surface area contributed by atoms with Gasteiger partial charge in [-0.3, -0.25) is 4.42 Å². The lowest BCUT2D eigenvalue weighted by Crippen LogP contribution is -2.28. The fourth-order valence-corrected chi connectivity index (χ4v) is 3.93. The molecular weight excluding hydrogens is 208 g/mol. The molecule has 0 N–H and O–H groups in total. The number of hydrogen-bond acceptors (Lipinski definition) is 0. The highest BCUT2D eigenvalue weighted by molar-refractivity contribution is 5.51. The van der Waals surface area contributed by atoms with Crippen molar-refractivity contribution in [2.75, 3.05) is 6.61 Å². The minimum absolute atomic E-state index is 0.875. The van der Waals surface area contributed by atoms with E-state index in [1.54, 1.807) is 5.57 Å². The van der Waals surface area contributed by atoms with Crippen LogP contribution in [0.15, 0.2) is 22.6 Å². The third-order valence-electron chi connectivity index (χ3n) is 4.91. The van der Waals surface area contributed by atoms with E-state index >= 15 is 0 Å². The van der Waals surface area contributed by atoms with Gasteiger partial charge < -0.3 is 0 Å². The first-order valence-corrected chi connectivity index (χ1v) is 7.02. The summed E-state index contributed by atoms with van der Waals surface area (Å²) < 4.78 is 5.59. The predicted molar refractivity (Wildman–Crippen MR) is 70.0 cm³/mol. The van der Waals surface area contributed by atoms with Gasteiger partial charge in [-0.1, -0.05) is 5.57 Å². The molecule has 0 radical (unpaired) electrons. The summed E-state index contributed by atoms with van der Waals surface area (Å²) in [7, 11) is 0. The predicted octanol–water partition coefficient (Wildman–Crippen LogP) is 2.22. The van der Waals surface area contributed by atoms with Gasteiger partial charge in [0.05, 0.1) is 12.0 Å². The van der Waals surface area contributed by atoms with Crippen molar-refractivity contribution in [3.05, 3.63) is 38.8 Å². The van der Waals surface area contributed by atoms with E-state index in [0.717, 1.165) is 30.3 Å². The molecule has 2 bridgehead atoms. The van der Waals surface area contributed by atoms with Gasteiger partial charge in [-0.2, -0.15) is 0 Å². The number of hydrogen-bond donors (Lipinski definition) is 0. The summed E-state index contributed by atoms with van der Waals surface area (Å²) in [4.78, 5) is 0. The highest BCUT2D eigenvalue weighted by Gasteiger charge is 2.31. The Balaban J connectivity index is 1.86. The standard InChI is InChI=1S/C16H19O/c1-3-12-4-2-11(1)9-15(12)13-5-6-16-14(10-13)7-8-17-16/h5-6,10-12H,1-4,7-9H2/q+1/b15-13+. The molecule has 1 aromatic carbocycles. The molecule has 88 valence electrons. The molecule has 0 spiro atoms. The van der Waals surface area contributed by atoms with Crippen molar-refractivity contribution < 1.29 is 0 Å². The first-order valence-electron chi connectivity index (χ1n) is 7.02. The van der Waals surface area contributed by atoms with Crippen molar-refractivity contribution in [2.24, 2.45) is 11.8 Å². The van der Waals surface area contributed by atoms with E-state index in [1.807, 2.05) is 0 Å². The van der Waals surface area contributed by atoms with Crippen LogP contribution >= 0.6 is 0 Å². The molecule has 4 aliphatic rings. The molecule has 0 atom stereocenters. The maximum absolute atomic E-state index is 5.59. The van der Waals surface area contributed by atoms with Crippen LogP contribution in [-0.2, 0) is 6.42 Å². The second-order valence-electron chi connectivity index (χ2n) is 5.87. The third kappa shape index (κ3) is 1.55. The Morgan fingerprint density at radius 2 is 1.94 bits per heavy atom. The molecule has 0 unspecified atom stereocenters. The van der Waals surface area contributed by atoms with Crippen molar-refractivity contribution in [1.82, 2.24) is 0 Å². The fourth-order valence-electron chi connectivity index (χ4n) is 3.93. The van der Waals surface area contributed by atoms with Gasteiger partial charge in [0.15, 0.2) is 0 Å². The van der Waals surface area contributed by atoms with Crippen LogP contribution in [0.4, 0.5) is 0 Å². The van der Waals surface area contributed by atoms with Crippen LogP contribution in [0.2, 0.25) is 0 Å². The molecule has 0 saturated heterocycles. The van der Waals surface area contributed by atoms with Crippen molar-refractivity contribution in [2.45, 2.75) is 38.5 Å². The van der Waals surface area contributed by atoms with Crippen LogP contribution in [-0.4, -0.2) is 6.61 Å². The van der Waals surface area contributed by atoms with E-state index in [0.29, 0.717) is 0 Å². The fraction of sp³-hybridized carbons (Fsp3) is 0.562. The second-order valence-corrected chi connectivity index (χ2v) is 5.87. The first kappa shape index (κ1) is 9.87. The smallest absolute Gasteiger partial charge is 0.254 e. The molecule has 1 heteroatoms. The topological polar surface area (TPSA) is 11.3 Å². The first-order chi connectivity index (χ1) is 8.40. The summed E-state index contributed by atoms with van der Waals surface area (Å²) in [6, 6.07) is 6.88. The molecule has 0 amide bonds. The monoisotopic (exact) mass is 227 g/mol. The Kier molecular flexibility index (Phi) is 2.14. The van der Waals surface area contributed by atoms with Gasteiger partial charge in [0.2, 0.25) is 0 Å². The van der Waals surface area contributed by atoms with E-state index < -0.39 is 0 Å². The van der Waals surface area contributed by atoms with Crippen molar-refractivity contribution in [3.8, 4) is 0 Å². The van der Waals surface area contributed by atoms with E-state index in [1.165, 1.54) is 42.9 Å². The van der Waals surface area contributed by atoms with Crippen LogP contribution in [0.3, 0.4) is 0 Å². The molecular formula is C16H19O+. The highest BCUT2D eigenvalue weighted by atomic mass is 16.4. The zero-order valence-corrected chi connectivity index (χ0v) is 10.2. The summed E-state index contributed by atoms with van der Waals surface area (Å²) in [6.45, 7) is 0.875. The zero-order chi connectivity index (χ0) is 11.2. The van der Waals surface area contributed by atoms with Gasteiger partial charge in [0.1, 0.15) is 0 Å². The number of fused-ring (bicyclic) bond motifs is 4. The van der Waals surface area contributed by atoms with Gasteiger partial charge >= 0.3 is 5.43 Å². The Morgan fingerprint density at radius 3 is 2.71 bits per heavy atom. The average molecular weight is 227 g/mol. The summed E-state index contributed by atoms with van der Waals surface area (Å²) in [5.41, 5.74) is 4.30. The summed E-state index contributed by atoms with van der Waals surface area (Å²) in [5.74, 6) is 1.87. The Bertz CT molecular complexity index is 562. The molecule has 1 heterocycles. The lowest BCUT2D eigenvalue weighted by Gasteiger charge is -2.38. The van der Waals surface area contributed by atoms with Gasteiger partial charge in [0, 0.05) is 6.07 Å². The molecule has 3 aliphatic carbocycles. The maximum atomic E-state index is 5.59. The van der Waals surface area contributed by atoms with E-state index in [-0.39, 0.29) is 0 Å². The van der Waals surface area contributed by atoms with Gasteiger partial charge in [-0.15, -0.1) is 0 Å². The Morgan fingerprint density at radius 1 is 1.06 bits per heavy atom. The number of rotatable bonds is 0. The summed E-state index contributed by atoms with van der Waals surface area (Å²) in [6.07, 6.45) is 8.29. The van der Waals surface area contributed by atoms with Crippen LogP contribution in [0.25, 0.3) is 5.57 Å². The van der Waals surface area contributed by atoms with Crippen molar-refractivity contribution >= 4 is 5.57 Å². The van der Waals surface area contributed by atoms with Gasteiger partial charge in [0.25, 0.3) is 6.61 Å². The molecule has 3 fully saturated rings. The normalized spacial score (nSPS) is 33.4. The van der Waals surface area contributed by atoms with Crippen molar-refractivity contribution in [3.63, 3.8) is 0 Å². The van der Waals surface area contributed by atoms with Crippen LogP contribution in [0.1, 0.15) is 37.7 Å². The van der Waals surface area contributed by atoms with Crippen molar-refractivity contribution in [1.29, 1.82) is 0 Å². The molecule has 1 nitrogen and oxygen atoms in total. The molecule has 1 aromatic rings. The second kappa shape index (κ2) is 3.69. The van der Waals surface area contributed by atoms with E-state index in [9.17, 15) is 0 Å². The van der Waals surface area contributed by atoms with Crippen LogP contribution in [0, 0.1) is 11.8 Å². The lowest BCUT2D eigenvalue weighted by atomic mass is 9.67. The molecule has 5 rings (SSSR count). The zero-order valence-electron chi connectivity index (χ0n) is 10.2. The Hall–Kier alpha value is -1.11. The lowest BCUT2D eigenvalue weighted by molar-refractivity contribution is 0.271. The van der Waals surface area contributed by atoms with E-state index in [2.05, 4.69) is 18.2 Å². The van der Waals surface area contributed by atoms with Gasteiger partial charge in [-0.05, 0) is 61.3 Å².